The highest BCUT2D eigenvalue weighted by atomic mass is 32.2. The first-order valence-electron chi connectivity index (χ1n) is 10.2. The predicted octanol–water partition coefficient (Wildman–Crippen LogP) is 2.85. The standard InChI is InChI=1S/C19H25F2N7O2S2/c1-11-10-28(6-5-23-11)15-8-12(32(29,30)27-19(2)3-4-19)7-14(13(15)9-22)24-18-26-25-17(31-18)16(20)21/h7-9,11,16,22-23,27H,3-6,10H2,1-2H3,(H,24,26). The van der Waals surface area contributed by atoms with Crippen LogP contribution < -0.4 is 20.3 Å². The second-order valence-corrected chi connectivity index (χ2v) is 11.1. The second kappa shape index (κ2) is 8.61. The van der Waals surface area contributed by atoms with Crippen molar-refractivity contribution in [1.29, 1.82) is 5.41 Å². The third-order valence-corrected chi connectivity index (χ3v) is 8.01. The number of alkyl halides is 2. The summed E-state index contributed by atoms with van der Waals surface area (Å²) in [5.74, 6) is 0. The average Bonchev–Trinajstić information content (AvgIpc) is 3.25. The molecule has 1 aliphatic heterocycles. The lowest BCUT2D eigenvalue weighted by molar-refractivity contribution is 0.150. The van der Waals surface area contributed by atoms with Crippen LogP contribution in [0.15, 0.2) is 17.0 Å². The van der Waals surface area contributed by atoms with E-state index in [-0.39, 0.29) is 16.1 Å². The molecular formula is C19H25F2N7O2S2. The number of nitrogens with zero attached hydrogens (tertiary/aromatic N) is 3. The van der Waals surface area contributed by atoms with Crippen LogP contribution in [-0.2, 0) is 10.0 Å². The molecule has 2 aliphatic rings. The van der Waals surface area contributed by atoms with Gasteiger partial charge < -0.3 is 20.9 Å². The maximum Gasteiger partial charge on any atom is 0.291 e. The van der Waals surface area contributed by atoms with Crippen LogP contribution in [-0.4, -0.2) is 56.0 Å². The van der Waals surface area contributed by atoms with Gasteiger partial charge in [0.15, 0.2) is 5.01 Å². The predicted molar refractivity (Wildman–Crippen MR) is 120 cm³/mol. The Kier molecular flexibility index (Phi) is 6.18. The monoisotopic (exact) mass is 485 g/mol. The number of benzene rings is 1. The second-order valence-electron chi connectivity index (χ2n) is 8.39. The fraction of sp³-hybridized carbons (Fsp3) is 0.526. The largest absolute Gasteiger partial charge is 0.368 e. The number of piperazine rings is 1. The van der Waals surface area contributed by atoms with Crippen molar-refractivity contribution in [3.8, 4) is 0 Å². The molecular weight excluding hydrogens is 460 g/mol. The van der Waals surface area contributed by atoms with Crippen LogP contribution in [0.3, 0.4) is 0 Å². The van der Waals surface area contributed by atoms with Gasteiger partial charge in [0.2, 0.25) is 15.2 Å². The number of halogens is 2. The van der Waals surface area contributed by atoms with Gasteiger partial charge in [0, 0.05) is 48.7 Å². The quantitative estimate of drug-likeness (QED) is 0.424. The summed E-state index contributed by atoms with van der Waals surface area (Å²) in [6.07, 6.45) is -0.0948. The Bertz CT molecular complexity index is 1120. The van der Waals surface area contributed by atoms with Crippen LogP contribution in [0.4, 0.5) is 25.3 Å². The van der Waals surface area contributed by atoms with Gasteiger partial charge in [0.25, 0.3) is 6.43 Å². The maximum absolute atomic E-state index is 13.1. The molecule has 1 aromatic heterocycles. The summed E-state index contributed by atoms with van der Waals surface area (Å²) in [5, 5.41) is 21.1. The van der Waals surface area contributed by atoms with E-state index in [0.29, 0.717) is 47.9 Å². The molecule has 2 fully saturated rings. The maximum atomic E-state index is 13.1. The Balaban J connectivity index is 1.78. The van der Waals surface area contributed by atoms with E-state index in [1.54, 1.807) is 6.07 Å². The van der Waals surface area contributed by atoms with E-state index in [2.05, 4.69) is 25.6 Å². The van der Waals surface area contributed by atoms with E-state index in [1.165, 1.54) is 6.07 Å². The topological polar surface area (TPSA) is 123 Å². The number of aromatic nitrogens is 2. The SMILES string of the molecule is CC1CN(c2cc(S(=O)(=O)NC3(C)CC3)cc(Nc3nnc(C(F)F)s3)c2C=N)CCN1. The van der Waals surface area contributed by atoms with Crippen LogP contribution >= 0.6 is 11.3 Å². The zero-order chi connectivity index (χ0) is 23.1. The van der Waals surface area contributed by atoms with Gasteiger partial charge in [-0.15, -0.1) is 10.2 Å². The van der Waals surface area contributed by atoms with Gasteiger partial charge in [-0.1, -0.05) is 11.3 Å². The van der Waals surface area contributed by atoms with Crippen LogP contribution in [0.1, 0.15) is 43.7 Å². The number of nitrogens with one attached hydrogen (secondary N) is 4. The zero-order valence-corrected chi connectivity index (χ0v) is 19.3. The molecule has 0 radical (unpaired) electrons. The fourth-order valence-electron chi connectivity index (χ4n) is 3.60. The lowest BCUT2D eigenvalue weighted by atomic mass is 10.1. The molecule has 174 valence electrons. The first-order valence-corrected chi connectivity index (χ1v) is 12.5. The third kappa shape index (κ3) is 4.90. The fourth-order valence-corrected chi connectivity index (χ4v) is 5.72. The molecule has 2 aromatic rings. The molecule has 13 heteroatoms. The first-order chi connectivity index (χ1) is 15.1. The Labute approximate surface area is 189 Å². The summed E-state index contributed by atoms with van der Waals surface area (Å²) in [6.45, 7) is 5.85. The highest BCUT2D eigenvalue weighted by Crippen LogP contribution is 2.38. The summed E-state index contributed by atoms with van der Waals surface area (Å²) in [5.41, 5.74) is 0.867. The summed E-state index contributed by atoms with van der Waals surface area (Å²) in [7, 11) is -3.84. The highest BCUT2D eigenvalue weighted by Gasteiger charge is 2.41. The molecule has 4 N–H and O–H groups in total. The lowest BCUT2D eigenvalue weighted by Gasteiger charge is -2.35. The lowest BCUT2D eigenvalue weighted by Crippen LogP contribution is -2.49. The molecule has 0 amide bonds. The van der Waals surface area contributed by atoms with Gasteiger partial charge in [-0.25, -0.2) is 21.9 Å². The highest BCUT2D eigenvalue weighted by molar-refractivity contribution is 7.89. The average molecular weight is 486 g/mol. The molecule has 2 heterocycles. The van der Waals surface area contributed by atoms with E-state index in [9.17, 15) is 17.2 Å². The molecule has 0 bridgehead atoms. The number of rotatable bonds is 8. The molecule has 4 rings (SSSR count). The Morgan fingerprint density at radius 1 is 1.38 bits per heavy atom. The summed E-state index contributed by atoms with van der Waals surface area (Å²) in [4.78, 5) is 2.06. The summed E-state index contributed by atoms with van der Waals surface area (Å²) in [6, 6.07) is 3.16. The van der Waals surface area contributed by atoms with Crippen molar-refractivity contribution in [3.05, 3.63) is 22.7 Å². The van der Waals surface area contributed by atoms with Gasteiger partial charge in [-0.05, 0) is 38.8 Å². The van der Waals surface area contributed by atoms with Gasteiger partial charge in [-0.3, -0.25) is 0 Å². The van der Waals surface area contributed by atoms with Crippen LogP contribution in [0.25, 0.3) is 0 Å². The smallest absolute Gasteiger partial charge is 0.291 e. The van der Waals surface area contributed by atoms with E-state index >= 15 is 0 Å². The molecule has 1 saturated heterocycles. The number of hydrogen-bond donors (Lipinski definition) is 4. The Hall–Kier alpha value is -2.22. The summed E-state index contributed by atoms with van der Waals surface area (Å²) >= 11 is 0.683. The van der Waals surface area contributed by atoms with Gasteiger partial charge >= 0.3 is 0 Å². The molecule has 32 heavy (non-hydrogen) atoms. The molecule has 1 aliphatic carbocycles. The first kappa shape index (κ1) is 23.0. The molecule has 9 nitrogen and oxygen atoms in total. The molecule has 1 saturated carbocycles. The van der Waals surface area contributed by atoms with Crippen molar-refractivity contribution in [3.63, 3.8) is 0 Å². The van der Waals surface area contributed by atoms with Crippen molar-refractivity contribution < 1.29 is 17.2 Å². The molecule has 0 spiro atoms. The zero-order valence-electron chi connectivity index (χ0n) is 17.7. The Morgan fingerprint density at radius 3 is 2.72 bits per heavy atom. The molecule has 1 atom stereocenters. The van der Waals surface area contributed by atoms with Crippen molar-refractivity contribution >= 4 is 44.1 Å². The third-order valence-electron chi connectivity index (χ3n) is 5.55. The van der Waals surface area contributed by atoms with Crippen LogP contribution in [0.5, 0.6) is 0 Å². The normalized spacial score (nSPS) is 20.4. The number of sulfonamides is 1. The van der Waals surface area contributed by atoms with Gasteiger partial charge in [-0.2, -0.15) is 0 Å². The molecule has 1 aromatic carbocycles. The van der Waals surface area contributed by atoms with E-state index < -0.39 is 27.0 Å². The van der Waals surface area contributed by atoms with E-state index in [4.69, 9.17) is 5.41 Å². The number of hydrogen-bond acceptors (Lipinski definition) is 9. The van der Waals surface area contributed by atoms with Gasteiger partial charge in [0.05, 0.1) is 10.6 Å². The molecule has 1 unspecified atom stereocenters. The number of anilines is 3. The van der Waals surface area contributed by atoms with Crippen LogP contribution in [0, 0.1) is 5.41 Å². The van der Waals surface area contributed by atoms with E-state index in [0.717, 1.165) is 19.1 Å². The van der Waals surface area contributed by atoms with Crippen LogP contribution in [0.2, 0.25) is 0 Å². The minimum absolute atomic E-state index is 0.0403. The van der Waals surface area contributed by atoms with Gasteiger partial charge in [0.1, 0.15) is 0 Å². The van der Waals surface area contributed by atoms with Crippen molar-refractivity contribution in [1.82, 2.24) is 20.2 Å². The Morgan fingerprint density at radius 2 is 2.12 bits per heavy atom. The van der Waals surface area contributed by atoms with E-state index in [1.807, 2.05) is 18.7 Å². The summed E-state index contributed by atoms with van der Waals surface area (Å²) < 4.78 is 54.9. The minimum atomic E-state index is -3.84. The van der Waals surface area contributed by atoms with Crippen molar-refractivity contribution in [2.45, 2.75) is 49.6 Å². The minimum Gasteiger partial charge on any atom is -0.368 e. The van der Waals surface area contributed by atoms with Crippen molar-refractivity contribution in [2.75, 3.05) is 29.9 Å². The van der Waals surface area contributed by atoms with Crippen molar-refractivity contribution in [2.24, 2.45) is 0 Å².